The maximum absolute atomic E-state index is 13.4. The van der Waals surface area contributed by atoms with Crippen LogP contribution in [0.4, 0.5) is 0 Å². The van der Waals surface area contributed by atoms with Crippen LogP contribution in [-0.4, -0.2) is 41.0 Å². The fourth-order valence-corrected chi connectivity index (χ4v) is 4.13. The van der Waals surface area contributed by atoms with Crippen LogP contribution in [0.15, 0.2) is 24.3 Å². The lowest BCUT2D eigenvalue weighted by atomic mass is 9.79. The maximum Gasteiger partial charge on any atom is 0.231 e. The summed E-state index contributed by atoms with van der Waals surface area (Å²) >= 11 is 0. The summed E-state index contributed by atoms with van der Waals surface area (Å²) < 4.78 is 33.9. The van der Waals surface area contributed by atoms with E-state index in [2.05, 4.69) is 6.58 Å². The number of Topliss-reactive ketones (excluding diaryl/α,β-unsaturated/α-hetero) is 1. The molecule has 0 saturated carbocycles. The molecule has 0 saturated heterocycles. The van der Waals surface area contributed by atoms with Crippen molar-refractivity contribution in [1.29, 1.82) is 0 Å². The third kappa shape index (κ3) is 2.76. The summed E-state index contributed by atoms with van der Waals surface area (Å²) in [4.78, 5) is 13.4. The van der Waals surface area contributed by atoms with Gasteiger partial charge in [-0.15, -0.1) is 0 Å². The van der Waals surface area contributed by atoms with E-state index < -0.39 is 0 Å². The Morgan fingerprint density at radius 1 is 0.933 bits per heavy atom. The molecule has 7 nitrogen and oxygen atoms in total. The summed E-state index contributed by atoms with van der Waals surface area (Å²) in [7, 11) is 6.21. The molecule has 1 atom stereocenters. The molecule has 1 aliphatic heterocycles. The molecule has 4 rings (SSSR count). The second-order valence-corrected chi connectivity index (χ2v) is 7.21. The van der Waals surface area contributed by atoms with Gasteiger partial charge in [0.25, 0.3) is 0 Å². The molecule has 2 aromatic carbocycles. The lowest BCUT2D eigenvalue weighted by Crippen LogP contribution is -2.18. The van der Waals surface area contributed by atoms with Gasteiger partial charge in [0.1, 0.15) is 0 Å². The van der Waals surface area contributed by atoms with Crippen LogP contribution in [0, 0.1) is 5.92 Å². The number of hydrogen-bond acceptors (Lipinski definition) is 7. The SMILES string of the molecule is C=C1C(=O)c2cc3c(c(OC)c2-c2c(cc(OC)c(OC)c2OC)C[C@H]1C)OCO3. The smallest absolute Gasteiger partial charge is 0.231 e. The average Bonchev–Trinajstić information content (AvgIpc) is 3.23. The topological polar surface area (TPSA) is 72.5 Å². The number of rotatable bonds is 4. The zero-order chi connectivity index (χ0) is 21.6. The molecule has 0 bridgehead atoms. The predicted octanol–water partition coefficient (Wildman–Crippen LogP) is 4.05. The van der Waals surface area contributed by atoms with E-state index in [4.69, 9.17) is 28.4 Å². The first-order valence-electron chi connectivity index (χ1n) is 9.53. The van der Waals surface area contributed by atoms with Crippen molar-refractivity contribution < 1.29 is 33.2 Å². The normalized spacial score (nSPS) is 16.9. The van der Waals surface area contributed by atoms with Gasteiger partial charge in [0.05, 0.1) is 28.4 Å². The Hall–Kier alpha value is -3.35. The third-order valence-corrected chi connectivity index (χ3v) is 5.64. The van der Waals surface area contributed by atoms with Gasteiger partial charge in [-0.05, 0) is 35.6 Å². The largest absolute Gasteiger partial charge is 0.493 e. The van der Waals surface area contributed by atoms with Gasteiger partial charge in [-0.3, -0.25) is 4.79 Å². The zero-order valence-electron chi connectivity index (χ0n) is 17.7. The second-order valence-electron chi connectivity index (χ2n) is 7.21. The van der Waals surface area contributed by atoms with Crippen LogP contribution in [0.3, 0.4) is 0 Å². The number of carbonyl (C=O) groups excluding carboxylic acids is 1. The number of allylic oxidation sites excluding steroid dienone is 1. The molecule has 30 heavy (non-hydrogen) atoms. The highest BCUT2D eigenvalue weighted by molar-refractivity contribution is 6.15. The van der Waals surface area contributed by atoms with Gasteiger partial charge in [-0.1, -0.05) is 13.5 Å². The minimum Gasteiger partial charge on any atom is -0.493 e. The van der Waals surface area contributed by atoms with Crippen LogP contribution in [0.5, 0.6) is 34.5 Å². The van der Waals surface area contributed by atoms with Crippen molar-refractivity contribution in [3.8, 4) is 45.6 Å². The number of methoxy groups -OCH3 is 4. The highest BCUT2D eigenvalue weighted by atomic mass is 16.7. The quantitative estimate of drug-likeness (QED) is 0.702. The maximum atomic E-state index is 13.4. The monoisotopic (exact) mass is 412 g/mol. The van der Waals surface area contributed by atoms with Crippen LogP contribution in [0.25, 0.3) is 11.1 Å². The van der Waals surface area contributed by atoms with E-state index in [9.17, 15) is 4.79 Å². The second kappa shape index (κ2) is 7.48. The molecule has 158 valence electrons. The van der Waals surface area contributed by atoms with Gasteiger partial charge in [0.2, 0.25) is 18.3 Å². The van der Waals surface area contributed by atoms with Crippen molar-refractivity contribution in [3.05, 3.63) is 35.4 Å². The minimum absolute atomic E-state index is 0.0516. The van der Waals surface area contributed by atoms with E-state index in [1.807, 2.05) is 13.0 Å². The Morgan fingerprint density at radius 3 is 2.27 bits per heavy atom. The summed E-state index contributed by atoms with van der Waals surface area (Å²) in [5.74, 6) is 2.48. The van der Waals surface area contributed by atoms with E-state index in [-0.39, 0.29) is 18.5 Å². The van der Waals surface area contributed by atoms with Crippen molar-refractivity contribution in [3.63, 3.8) is 0 Å². The van der Waals surface area contributed by atoms with E-state index in [1.165, 1.54) is 7.11 Å². The molecule has 7 heteroatoms. The van der Waals surface area contributed by atoms with Crippen molar-refractivity contribution in [2.45, 2.75) is 13.3 Å². The molecule has 2 aromatic rings. The molecule has 0 aromatic heterocycles. The number of carbonyl (C=O) groups is 1. The van der Waals surface area contributed by atoms with Gasteiger partial charge >= 0.3 is 0 Å². The Kier molecular flexibility index (Phi) is 4.97. The number of ketones is 1. The molecule has 0 unspecified atom stereocenters. The Morgan fingerprint density at radius 2 is 1.63 bits per heavy atom. The number of ether oxygens (including phenoxy) is 6. The van der Waals surface area contributed by atoms with Crippen LogP contribution in [0.2, 0.25) is 0 Å². The van der Waals surface area contributed by atoms with Crippen molar-refractivity contribution in [2.24, 2.45) is 5.92 Å². The van der Waals surface area contributed by atoms with E-state index in [0.29, 0.717) is 63.2 Å². The van der Waals surface area contributed by atoms with Gasteiger partial charge in [0.15, 0.2) is 28.8 Å². The van der Waals surface area contributed by atoms with Crippen LogP contribution < -0.4 is 28.4 Å². The molecule has 0 amide bonds. The zero-order valence-corrected chi connectivity index (χ0v) is 17.7. The van der Waals surface area contributed by atoms with Crippen LogP contribution in [-0.2, 0) is 6.42 Å². The van der Waals surface area contributed by atoms with Crippen LogP contribution in [0.1, 0.15) is 22.8 Å². The first-order valence-corrected chi connectivity index (χ1v) is 9.53. The lowest BCUT2D eigenvalue weighted by molar-refractivity contribution is 0.102. The summed E-state index contributed by atoms with van der Waals surface area (Å²) in [6.07, 6.45) is 0.563. The molecule has 0 radical (unpaired) electrons. The summed E-state index contributed by atoms with van der Waals surface area (Å²) in [6, 6.07) is 3.59. The minimum atomic E-state index is -0.170. The molecule has 1 aliphatic carbocycles. The molecular weight excluding hydrogens is 388 g/mol. The average molecular weight is 412 g/mol. The molecule has 0 N–H and O–H groups in total. The van der Waals surface area contributed by atoms with Crippen molar-refractivity contribution in [2.75, 3.05) is 35.2 Å². The molecule has 2 aliphatic rings. The number of benzene rings is 2. The Bertz CT molecular complexity index is 1050. The third-order valence-electron chi connectivity index (χ3n) is 5.64. The van der Waals surface area contributed by atoms with Crippen molar-refractivity contribution >= 4 is 5.78 Å². The molecule has 0 fully saturated rings. The van der Waals surface area contributed by atoms with Gasteiger partial charge < -0.3 is 28.4 Å². The van der Waals surface area contributed by atoms with E-state index >= 15 is 0 Å². The summed E-state index contributed by atoms with van der Waals surface area (Å²) in [5.41, 5.74) is 3.11. The number of hydrogen-bond donors (Lipinski definition) is 0. The van der Waals surface area contributed by atoms with Gasteiger partial charge in [-0.2, -0.15) is 0 Å². The summed E-state index contributed by atoms with van der Waals surface area (Å²) in [6.45, 7) is 6.09. The molecular formula is C23H24O7. The summed E-state index contributed by atoms with van der Waals surface area (Å²) in [5, 5.41) is 0. The van der Waals surface area contributed by atoms with Gasteiger partial charge in [0, 0.05) is 16.7 Å². The van der Waals surface area contributed by atoms with Crippen molar-refractivity contribution in [1.82, 2.24) is 0 Å². The first kappa shape index (κ1) is 19.9. The Labute approximate surface area is 175 Å². The first-order chi connectivity index (χ1) is 14.5. The lowest BCUT2D eigenvalue weighted by Gasteiger charge is -2.27. The molecule has 0 spiro atoms. The van der Waals surface area contributed by atoms with Gasteiger partial charge in [-0.25, -0.2) is 0 Å². The van der Waals surface area contributed by atoms with E-state index in [0.717, 1.165) is 5.56 Å². The number of fused-ring (bicyclic) bond motifs is 4. The highest BCUT2D eigenvalue weighted by Crippen LogP contribution is 2.56. The van der Waals surface area contributed by atoms with E-state index in [1.54, 1.807) is 27.4 Å². The standard InChI is InChI=1S/C23H24O7/c1-11-7-13-8-15(25-3)20(26-4)22(27-5)17(13)18-14(19(24)12(11)2)9-16-21(23(18)28-6)30-10-29-16/h8-9,11H,2,7,10H2,1,3-6H3/t11-/m1/s1. The fraction of sp³-hybridized carbons (Fsp3) is 0.348. The predicted molar refractivity (Wildman–Crippen MR) is 111 cm³/mol. The fourth-order valence-electron chi connectivity index (χ4n) is 4.13. The molecule has 1 heterocycles. The van der Waals surface area contributed by atoms with Crippen LogP contribution >= 0.6 is 0 Å². The Balaban J connectivity index is 2.19. The highest BCUT2D eigenvalue weighted by Gasteiger charge is 2.36.